The number of ether oxygens (including phenoxy) is 1. The predicted octanol–water partition coefficient (Wildman–Crippen LogP) is 5.26. The van der Waals surface area contributed by atoms with Gasteiger partial charge < -0.3 is 4.74 Å². The van der Waals surface area contributed by atoms with E-state index in [1.54, 1.807) is 24.3 Å². The van der Waals surface area contributed by atoms with Gasteiger partial charge in [0.25, 0.3) is 0 Å². The molecule has 1 nitrogen and oxygen atoms in total. The molecule has 2 aromatic carbocycles. The minimum absolute atomic E-state index is 0.0480. The third kappa shape index (κ3) is 3.00. The average Bonchev–Trinajstić information content (AvgIpc) is 2.35. The quantitative estimate of drug-likeness (QED) is 0.696. The molecule has 0 spiro atoms. The van der Waals surface area contributed by atoms with Crippen LogP contribution in [0.1, 0.15) is 5.56 Å². The van der Waals surface area contributed by atoms with Gasteiger partial charge in [-0.2, -0.15) is 0 Å². The van der Waals surface area contributed by atoms with Crippen molar-refractivity contribution in [1.29, 1.82) is 0 Å². The summed E-state index contributed by atoms with van der Waals surface area (Å²) < 4.78 is 33.3. The van der Waals surface area contributed by atoms with Gasteiger partial charge in [0.2, 0.25) is 0 Å². The molecule has 18 heavy (non-hydrogen) atoms. The van der Waals surface area contributed by atoms with Crippen LogP contribution in [0.2, 0.25) is 0 Å². The van der Waals surface area contributed by atoms with E-state index in [1.807, 2.05) is 0 Å². The summed E-state index contributed by atoms with van der Waals surface area (Å²) in [5.74, 6) is -1.56. The molecule has 0 N–H and O–H groups in total. The van der Waals surface area contributed by atoms with Crippen molar-refractivity contribution >= 4 is 27.5 Å². The maximum absolute atomic E-state index is 13.6. The molecule has 2 aromatic rings. The van der Waals surface area contributed by atoms with Gasteiger partial charge in [0.1, 0.15) is 5.75 Å². The van der Waals surface area contributed by atoms with Crippen LogP contribution >= 0.6 is 27.5 Å². The van der Waals surface area contributed by atoms with E-state index in [1.165, 1.54) is 0 Å². The molecule has 0 radical (unpaired) electrons. The van der Waals surface area contributed by atoms with E-state index in [2.05, 4.69) is 15.9 Å². The van der Waals surface area contributed by atoms with Crippen molar-refractivity contribution in [2.75, 3.05) is 0 Å². The average molecular weight is 334 g/mol. The van der Waals surface area contributed by atoms with E-state index in [4.69, 9.17) is 16.3 Å². The van der Waals surface area contributed by atoms with Crippen LogP contribution < -0.4 is 4.74 Å². The third-order valence-corrected chi connectivity index (χ3v) is 3.08. The number of halogens is 4. The van der Waals surface area contributed by atoms with Crippen LogP contribution in [0, 0.1) is 11.6 Å². The molecule has 0 atom stereocenters. The summed E-state index contributed by atoms with van der Waals surface area (Å²) in [5.41, 5.74) is 0.370. The second kappa shape index (κ2) is 5.67. The molecule has 94 valence electrons. The molecule has 0 bridgehead atoms. The van der Waals surface area contributed by atoms with Gasteiger partial charge in [-0.25, -0.2) is 8.78 Å². The zero-order valence-electron chi connectivity index (χ0n) is 9.09. The molecular formula is C13H8BrClF2O. The number of alkyl halides is 1. The standard InChI is InChI=1S/C13H8BrClF2O/c14-9-1-3-10(4-2-9)18-13-11(16)5-8(7-15)6-12(13)17/h1-6H,7H2. The summed E-state index contributed by atoms with van der Waals surface area (Å²) in [6.07, 6.45) is 0. The van der Waals surface area contributed by atoms with E-state index in [9.17, 15) is 8.78 Å². The van der Waals surface area contributed by atoms with E-state index in [0.29, 0.717) is 11.3 Å². The predicted molar refractivity (Wildman–Crippen MR) is 70.1 cm³/mol. The summed E-state index contributed by atoms with van der Waals surface area (Å²) in [7, 11) is 0. The second-order valence-corrected chi connectivity index (χ2v) is 4.76. The van der Waals surface area contributed by atoms with Gasteiger partial charge in [0, 0.05) is 10.4 Å². The SMILES string of the molecule is Fc1cc(CCl)cc(F)c1Oc1ccc(Br)cc1. The Labute approximate surface area is 116 Å². The molecule has 5 heteroatoms. The van der Waals surface area contributed by atoms with Crippen LogP contribution in [0.3, 0.4) is 0 Å². The highest BCUT2D eigenvalue weighted by Gasteiger charge is 2.13. The maximum Gasteiger partial charge on any atom is 0.198 e. The Hall–Kier alpha value is -1.13. The van der Waals surface area contributed by atoms with Crippen LogP contribution in [0.4, 0.5) is 8.78 Å². The van der Waals surface area contributed by atoms with E-state index < -0.39 is 17.4 Å². The molecule has 0 heterocycles. The Morgan fingerprint density at radius 3 is 2.11 bits per heavy atom. The van der Waals surface area contributed by atoms with Gasteiger partial charge in [-0.3, -0.25) is 0 Å². The van der Waals surface area contributed by atoms with Gasteiger partial charge in [-0.1, -0.05) is 15.9 Å². The second-order valence-electron chi connectivity index (χ2n) is 3.58. The number of benzene rings is 2. The Bertz CT molecular complexity index is 534. The van der Waals surface area contributed by atoms with Crippen molar-refractivity contribution in [2.24, 2.45) is 0 Å². The minimum Gasteiger partial charge on any atom is -0.451 e. The van der Waals surface area contributed by atoms with Crippen molar-refractivity contribution in [3.8, 4) is 11.5 Å². The molecular weight excluding hydrogens is 325 g/mol. The molecule has 0 saturated heterocycles. The first kappa shape index (κ1) is 13.3. The monoisotopic (exact) mass is 332 g/mol. The fraction of sp³-hybridized carbons (Fsp3) is 0.0769. The fourth-order valence-electron chi connectivity index (χ4n) is 1.41. The first-order valence-corrected chi connectivity index (χ1v) is 6.40. The Morgan fingerprint density at radius 2 is 1.61 bits per heavy atom. The number of hydrogen-bond acceptors (Lipinski definition) is 1. The first-order chi connectivity index (χ1) is 8.60. The van der Waals surface area contributed by atoms with Gasteiger partial charge in [0.05, 0.1) is 0 Å². The lowest BCUT2D eigenvalue weighted by molar-refractivity contribution is 0.407. The lowest BCUT2D eigenvalue weighted by Crippen LogP contribution is -1.94. The maximum atomic E-state index is 13.6. The van der Waals surface area contributed by atoms with Gasteiger partial charge in [-0.15, -0.1) is 11.6 Å². The zero-order chi connectivity index (χ0) is 13.1. The lowest BCUT2D eigenvalue weighted by atomic mass is 10.2. The number of rotatable bonds is 3. The van der Waals surface area contributed by atoms with E-state index in [-0.39, 0.29) is 5.88 Å². The van der Waals surface area contributed by atoms with Crippen molar-refractivity contribution in [2.45, 2.75) is 5.88 Å². The van der Waals surface area contributed by atoms with Crippen LogP contribution in [0.5, 0.6) is 11.5 Å². The van der Waals surface area contributed by atoms with Crippen molar-refractivity contribution in [1.82, 2.24) is 0 Å². The van der Waals surface area contributed by atoms with Crippen molar-refractivity contribution in [3.05, 3.63) is 58.1 Å². The molecule has 0 saturated carbocycles. The molecule has 0 unspecified atom stereocenters. The highest BCUT2D eigenvalue weighted by molar-refractivity contribution is 9.10. The Kier molecular flexibility index (Phi) is 4.19. The molecule has 2 rings (SSSR count). The summed E-state index contributed by atoms with van der Waals surface area (Å²) in [6, 6.07) is 8.97. The van der Waals surface area contributed by atoms with Crippen LogP contribution in [-0.2, 0) is 5.88 Å². The van der Waals surface area contributed by atoms with E-state index in [0.717, 1.165) is 16.6 Å². The molecule has 0 fully saturated rings. The van der Waals surface area contributed by atoms with Crippen LogP contribution in [-0.4, -0.2) is 0 Å². The van der Waals surface area contributed by atoms with Crippen LogP contribution in [0.15, 0.2) is 40.9 Å². The summed E-state index contributed by atoms with van der Waals surface area (Å²) in [6.45, 7) is 0. The molecule has 0 aromatic heterocycles. The highest BCUT2D eigenvalue weighted by atomic mass is 79.9. The van der Waals surface area contributed by atoms with Crippen molar-refractivity contribution in [3.63, 3.8) is 0 Å². The van der Waals surface area contributed by atoms with E-state index >= 15 is 0 Å². The molecule has 0 amide bonds. The Balaban J connectivity index is 2.31. The first-order valence-electron chi connectivity index (χ1n) is 5.07. The normalized spacial score (nSPS) is 10.4. The molecule has 0 aliphatic carbocycles. The van der Waals surface area contributed by atoms with Gasteiger partial charge in [-0.05, 0) is 42.0 Å². The largest absolute Gasteiger partial charge is 0.451 e. The number of hydrogen-bond donors (Lipinski definition) is 0. The molecule has 0 aliphatic rings. The van der Waals surface area contributed by atoms with Gasteiger partial charge >= 0.3 is 0 Å². The summed E-state index contributed by atoms with van der Waals surface area (Å²) in [4.78, 5) is 0. The zero-order valence-corrected chi connectivity index (χ0v) is 11.4. The van der Waals surface area contributed by atoms with Gasteiger partial charge in [0.15, 0.2) is 17.4 Å². The smallest absolute Gasteiger partial charge is 0.198 e. The molecule has 0 aliphatic heterocycles. The Morgan fingerprint density at radius 1 is 1.06 bits per heavy atom. The minimum atomic E-state index is -0.770. The lowest BCUT2D eigenvalue weighted by Gasteiger charge is -2.09. The van der Waals surface area contributed by atoms with Crippen molar-refractivity contribution < 1.29 is 13.5 Å². The van der Waals surface area contributed by atoms with Crippen LogP contribution in [0.25, 0.3) is 0 Å². The highest BCUT2D eigenvalue weighted by Crippen LogP contribution is 2.29. The topological polar surface area (TPSA) is 9.23 Å². The summed E-state index contributed by atoms with van der Waals surface area (Å²) >= 11 is 8.78. The fourth-order valence-corrected chi connectivity index (χ4v) is 1.83. The third-order valence-electron chi connectivity index (χ3n) is 2.25. The summed E-state index contributed by atoms with van der Waals surface area (Å²) in [5, 5.41) is 0.